The molecular weight excluding hydrogens is 284 g/mol. The van der Waals surface area contributed by atoms with Crippen LogP contribution >= 0.6 is 22.9 Å². The molecule has 5 nitrogen and oxygen atoms in total. The minimum absolute atomic E-state index is 0.0276. The topological polar surface area (TPSA) is 79.3 Å². The van der Waals surface area contributed by atoms with E-state index in [4.69, 9.17) is 11.6 Å². The predicted octanol–water partition coefficient (Wildman–Crippen LogP) is 1.62. The zero-order valence-electron chi connectivity index (χ0n) is 9.98. The summed E-state index contributed by atoms with van der Waals surface area (Å²) in [6, 6.07) is 0. The van der Waals surface area contributed by atoms with Crippen LogP contribution in [-0.4, -0.2) is 29.6 Å². The normalized spacial score (nSPS) is 14.0. The van der Waals surface area contributed by atoms with Gasteiger partial charge in [-0.25, -0.2) is 18.1 Å². The van der Waals surface area contributed by atoms with Gasteiger partial charge in [0.1, 0.15) is 0 Å². The van der Waals surface area contributed by atoms with Gasteiger partial charge >= 0.3 is 0 Å². The van der Waals surface area contributed by atoms with E-state index < -0.39 is 21.2 Å². The molecular formula is C9H15ClN2O3S2. The first-order valence-electron chi connectivity index (χ1n) is 4.83. The van der Waals surface area contributed by atoms with Gasteiger partial charge in [0.15, 0.2) is 8.68 Å². The average molecular weight is 299 g/mol. The molecule has 0 saturated carbocycles. The molecule has 0 aliphatic carbocycles. The van der Waals surface area contributed by atoms with E-state index in [1.54, 1.807) is 13.8 Å². The van der Waals surface area contributed by atoms with Gasteiger partial charge in [-0.15, -0.1) is 0 Å². The molecule has 1 rings (SSSR count). The van der Waals surface area contributed by atoms with Crippen LogP contribution in [0, 0.1) is 0 Å². The first kappa shape index (κ1) is 14.8. The molecule has 8 heteroatoms. The molecule has 0 aliphatic rings. The van der Waals surface area contributed by atoms with Crippen molar-refractivity contribution in [1.29, 1.82) is 0 Å². The van der Waals surface area contributed by atoms with E-state index in [1.807, 2.05) is 0 Å². The zero-order chi connectivity index (χ0) is 13.5. The fourth-order valence-corrected chi connectivity index (χ4v) is 3.70. The summed E-state index contributed by atoms with van der Waals surface area (Å²) in [7, 11) is -3.72. The van der Waals surface area contributed by atoms with Crippen molar-refractivity contribution in [3.05, 3.63) is 10.7 Å². The quantitative estimate of drug-likeness (QED) is 0.885. The Bertz CT molecular complexity index is 503. The molecule has 0 aromatic carbocycles. The van der Waals surface area contributed by atoms with Gasteiger partial charge in [-0.3, -0.25) is 0 Å². The van der Waals surface area contributed by atoms with Gasteiger partial charge in [0, 0.05) is 0 Å². The summed E-state index contributed by atoms with van der Waals surface area (Å²) in [6.07, 6.45) is 1.19. The van der Waals surface area contributed by atoms with Crippen molar-refractivity contribution in [3.8, 4) is 0 Å². The number of nitrogens with one attached hydrogen (secondary N) is 1. The van der Waals surface area contributed by atoms with Gasteiger partial charge in [-0.05, 0) is 27.7 Å². The molecule has 1 heterocycles. The highest BCUT2D eigenvalue weighted by Gasteiger charge is 2.39. The van der Waals surface area contributed by atoms with Crippen molar-refractivity contribution in [2.24, 2.45) is 0 Å². The average Bonchev–Trinajstić information content (AvgIpc) is 2.48. The Morgan fingerprint density at radius 1 is 1.41 bits per heavy atom. The molecule has 0 radical (unpaired) electrons. The van der Waals surface area contributed by atoms with E-state index in [-0.39, 0.29) is 8.68 Å². The van der Waals surface area contributed by atoms with Crippen LogP contribution in [0.2, 0.25) is 4.47 Å². The van der Waals surface area contributed by atoms with Crippen LogP contribution in [-0.2, 0) is 10.0 Å². The SMILES string of the molecule is CC(C)(O)C(C)(C)NS(=O)(=O)c1cnc(Cl)s1. The standard InChI is InChI=1S/C9H15ClN2O3S2/c1-8(2,9(3,4)13)12-17(14,15)6-5-11-7(10)16-6/h5,12-13H,1-4H3. The molecule has 2 N–H and O–H groups in total. The maximum Gasteiger partial charge on any atom is 0.252 e. The lowest BCUT2D eigenvalue weighted by Gasteiger charge is -2.37. The minimum atomic E-state index is -3.72. The monoisotopic (exact) mass is 298 g/mol. The Labute approximate surface area is 110 Å². The molecule has 1 aromatic heterocycles. The van der Waals surface area contributed by atoms with Crippen molar-refractivity contribution in [1.82, 2.24) is 9.71 Å². The van der Waals surface area contributed by atoms with Crippen LogP contribution in [0.25, 0.3) is 0 Å². The predicted molar refractivity (Wildman–Crippen MR) is 67.8 cm³/mol. The zero-order valence-corrected chi connectivity index (χ0v) is 12.4. The third-order valence-electron chi connectivity index (χ3n) is 2.64. The maximum absolute atomic E-state index is 12.0. The summed E-state index contributed by atoms with van der Waals surface area (Å²) >= 11 is 6.46. The molecule has 0 saturated heterocycles. The minimum Gasteiger partial charge on any atom is -0.389 e. The third kappa shape index (κ3) is 3.38. The Morgan fingerprint density at radius 2 is 1.94 bits per heavy atom. The molecule has 0 fully saturated rings. The van der Waals surface area contributed by atoms with Crippen molar-refractivity contribution >= 4 is 33.0 Å². The third-order valence-corrected chi connectivity index (χ3v) is 5.87. The van der Waals surface area contributed by atoms with E-state index >= 15 is 0 Å². The Hall–Kier alpha value is -0.210. The van der Waals surface area contributed by atoms with E-state index in [9.17, 15) is 13.5 Å². The fourth-order valence-electron chi connectivity index (χ4n) is 0.874. The Balaban J connectivity index is 3.03. The van der Waals surface area contributed by atoms with Gasteiger partial charge in [-0.2, -0.15) is 0 Å². The summed E-state index contributed by atoms with van der Waals surface area (Å²) in [5, 5.41) is 9.90. The summed E-state index contributed by atoms with van der Waals surface area (Å²) in [6.45, 7) is 6.28. The first-order valence-corrected chi connectivity index (χ1v) is 7.51. The second kappa shape index (κ2) is 4.47. The van der Waals surface area contributed by atoms with Crippen LogP contribution in [0.4, 0.5) is 0 Å². The largest absolute Gasteiger partial charge is 0.389 e. The Kier molecular flexibility index (Phi) is 3.91. The Morgan fingerprint density at radius 3 is 2.29 bits per heavy atom. The number of hydrogen-bond donors (Lipinski definition) is 2. The highest BCUT2D eigenvalue weighted by atomic mass is 35.5. The van der Waals surface area contributed by atoms with E-state index in [0.717, 1.165) is 11.3 Å². The van der Waals surface area contributed by atoms with Crippen molar-refractivity contribution in [2.75, 3.05) is 0 Å². The lowest BCUT2D eigenvalue weighted by Crippen LogP contribution is -2.57. The molecule has 98 valence electrons. The molecule has 0 spiro atoms. The summed E-state index contributed by atoms with van der Waals surface area (Å²) in [5.74, 6) is 0. The summed E-state index contributed by atoms with van der Waals surface area (Å²) in [4.78, 5) is 3.68. The van der Waals surface area contributed by atoms with Crippen molar-refractivity contribution < 1.29 is 13.5 Å². The molecule has 0 bridgehead atoms. The second-order valence-electron chi connectivity index (χ2n) is 4.72. The van der Waals surface area contributed by atoms with Crippen LogP contribution in [0.5, 0.6) is 0 Å². The van der Waals surface area contributed by atoms with Crippen LogP contribution < -0.4 is 4.72 Å². The molecule has 17 heavy (non-hydrogen) atoms. The number of sulfonamides is 1. The molecule has 1 aromatic rings. The van der Waals surface area contributed by atoms with Crippen molar-refractivity contribution in [3.63, 3.8) is 0 Å². The second-order valence-corrected chi connectivity index (χ2v) is 8.24. The van der Waals surface area contributed by atoms with E-state index in [0.29, 0.717) is 0 Å². The lowest BCUT2D eigenvalue weighted by atomic mass is 9.87. The maximum atomic E-state index is 12.0. The summed E-state index contributed by atoms with van der Waals surface area (Å²) in [5.41, 5.74) is -2.21. The number of rotatable bonds is 4. The molecule has 0 atom stereocenters. The summed E-state index contributed by atoms with van der Waals surface area (Å²) < 4.78 is 26.6. The van der Waals surface area contributed by atoms with E-state index in [1.165, 1.54) is 20.0 Å². The number of aromatic nitrogens is 1. The number of hydrogen-bond acceptors (Lipinski definition) is 5. The first-order chi connectivity index (χ1) is 7.46. The van der Waals surface area contributed by atoms with Gasteiger partial charge in [0.2, 0.25) is 0 Å². The smallest absolute Gasteiger partial charge is 0.252 e. The molecule has 0 amide bonds. The highest BCUT2D eigenvalue weighted by Crippen LogP contribution is 2.27. The van der Waals surface area contributed by atoms with Crippen molar-refractivity contribution in [2.45, 2.75) is 43.0 Å². The van der Waals surface area contributed by atoms with E-state index in [2.05, 4.69) is 9.71 Å². The number of nitrogens with zero attached hydrogens (tertiary/aromatic N) is 1. The van der Waals surface area contributed by atoms with Crippen LogP contribution in [0.1, 0.15) is 27.7 Å². The van der Waals surface area contributed by atoms with Crippen LogP contribution in [0.3, 0.4) is 0 Å². The van der Waals surface area contributed by atoms with Gasteiger partial charge < -0.3 is 5.11 Å². The number of halogens is 1. The van der Waals surface area contributed by atoms with Gasteiger partial charge in [0.25, 0.3) is 10.0 Å². The lowest BCUT2D eigenvalue weighted by molar-refractivity contribution is 0.00641. The van der Waals surface area contributed by atoms with Gasteiger partial charge in [0.05, 0.1) is 17.3 Å². The van der Waals surface area contributed by atoms with Crippen LogP contribution in [0.15, 0.2) is 10.4 Å². The molecule has 0 aliphatic heterocycles. The number of aliphatic hydroxyl groups is 1. The van der Waals surface area contributed by atoms with Gasteiger partial charge in [-0.1, -0.05) is 22.9 Å². The molecule has 0 unspecified atom stereocenters. The number of thiazole rings is 1. The fraction of sp³-hybridized carbons (Fsp3) is 0.667. The highest BCUT2D eigenvalue weighted by molar-refractivity contribution is 7.91.